The van der Waals surface area contributed by atoms with Gasteiger partial charge in [0.05, 0.1) is 0 Å². The molecule has 2 amide bonds. The average Bonchev–Trinajstić information content (AvgIpc) is 2.68. The number of piperidine rings is 1. The van der Waals surface area contributed by atoms with Gasteiger partial charge < -0.3 is 9.80 Å². The van der Waals surface area contributed by atoms with Crippen LogP contribution in [0.25, 0.3) is 0 Å². The fourth-order valence-corrected chi connectivity index (χ4v) is 5.87. The van der Waals surface area contributed by atoms with Crippen LogP contribution in [0.2, 0.25) is 0 Å². The highest BCUT2D eigenvalue weighted by Crippen LogP contribution is 2.39. The van der Waals surface area contributed by atoms with E-state index < -0.39 is 20.5 Å². The van der Waals surface area contributed by atoms with Crippen LogP contribution in [0.15, 0.2) is 18.2 Å². The van der Waals surface area contributed by atoms with Gasteiger partial charge in [0.2, 0.25) is 5.91 Å². The number of aryl methyl sites for hydroxylation is 2. The number of carbonyl (C=O) groups excluding carboxylic acids is 2. The van der Waals surface area contributed by atoms with Crippen LogP contribution in [0, 0.1) is 13.8 Å². The summed E-state index contributed by atoms with van der Waals surface area (Å²) in [7, 11) is -1.95. The van der Waals surface area contributed by atoms with Crippen LogP contribution in [0.3, 0.4) is 0 Å². The summed E-state index contributed by atoms with van der Waals surface area (Å²) >= 11 is 0. The van der Waals surface area contributed by atoms with Crippen LogP contribution in [-0.4, -0.2) is 60.8 Å². The number of likely N-dealkylation sites (tertiary alicyclic amines) is 1. The first-order chi connectivity index (χ1) is 11.2. The van der Waals surface area contributed by atoms with E-state index in [4.69, 9.17) is 0 Å². The molecule has 2 aliphatic heterocycles. The monoisotopic (exact) mass is 350 g/mol. The van der Waals surface area contributed by atoms with E-state index >= 15 is 0 Å². The zero-order valence-electron chi connectivity index (χ0n) is 14.2. The van der Waals surface area contributed by atoms with E-state index in [1.54, 1.807) is 11.9 Å². The fraction of sp³-hybridized carbons (Fsp3) is 0.529. The second-order valence-electron chi connectivity index (χ2n) is 6.77. The topological polar surface area (TPSA) is 74.8 Å². The Morgan fingerprint density at radius 2 is 1.79 bits per heavy atom. The highest BCUT2D eigenvalue weighted by Gasteiger charge is 2.57. The van der Waals surface area contributed by atoms with Crippen LogP contribution in [-0.2, 0) is 14.6 Å². The number of amides is 2. The van der Waals surface area contributed by atoms with Crippen molar-refractivity contribution in [3.63, 3.8) is 0 Å². The Bertz CT molecular complexity index is 808. The molecule has 0 atom stereocenters. The van der Waals surface area contributed by atoms with Gasteiger partial charge in [-0.2, -0.15) is 0 Å². The third-order valence-corrected chi connectivity index (χ3v) is 7.79. The van der Waals surface area contributed by atoms with Crippen molar-refractivity contribution in [3.8, 4) is 0 Å². The summed E-state index contributed by atoms with van der Waals surface area (Å²) in [5.74, 6) is -0.856. The molecule has 130 valence electrons. The first-order valence-electron chi connectivity index (χ1n) is 8.03. The van der Waals surface area contributed by atoms with Gasteiger partial charge in [0.1, 0.15) is 10.6 Å². The number of hydrogen-bond acceptors (Lipinski definition) is 4. The highest BCUT2D eigenvalue weighted by molar-refractivity contribution is 7.93. The predicted octanol–water partition coefficient (Wildman–Crippen LogP) is 1.12. The third kappa shape index (κ3) is 2.42. The Kier molecular flexibility index (Phi) is 3.94. The number of nitrogens with zero attached hydrogens (tertiary/aromatic N) is 2. The lowest BCUT2D eigenvalue weighted by Crippen LogP contribution is -2.55. The molecule has 24 heavy (non-hydrogen) atoms. The van der Waals surface area contributed by atoms with Crippen molar-refractivity contribution in [1.82, 2.24) is 9.80 Å². The van der Waals surface area contributed by atoms with E-state index in [0.717, 1.165) is 11.1 Å². The van der Waals surface area contributed by atoms with E-state index in [0.29, 0.717) is 18.7 Å². The minimum Gasteiger partial charge on any atom is -0.338 e. The van der Waals surface area contributed by atoms with Crippen molar-refractivity contribution in [2.75, 3.05) is 25.9 Å². The van der Waals surface area contributed by atoms with E-state index in [9.17, 15) is 18.0 Å². The smallest absolute Gasteiger partial charge is 0.254 e. The lowest BCUT2D eigenvalue weighted by atomic mass is 10.00. The minimum atomic E-state index is -3.50. The summed E-state index contributed by atoms with van der Waals surface area (Å²) in [5.41, 5.74) is 2.66. The second-order valence-corrected chi connectivity index (χ2v) is 9.05. The lowest BCUT2D eigenvalue weighted by Gasteiger charge is -2.42. The average molecular weight is 350 g/mol. The van der Waals surface area contributed by atoms with E-state index in [-0.39, 0.29) is 24.7 Å². The molecule has 2 aliphatic rings. The summed E-state index contributed by atoms with van der Waals surface area (Å²) in [6, 6.07) is 5.69. The second kappa shape index (κ2) is 5.58. The molecule has 6 nitrogen and oxygen atoms in total. The zero-order chi connectivity index (χ0) is 17.7. The highest BCUT2D eigenvalue weighted by atomic mass is 32.2. The van der Waals surface area contributed by atoms with Gasteiger partial charge in [-0.1, -0.05) is 17.7 Å². The normalized spacial score (nSPS) is 22.2. The van der Waals surface area contributed by atoms with Crippen molar-refractivity contribution in [2.45, 2.75) is 31.6 Å². The van der Waals surface area contributed by atoms with Crippen molar-refractivity contribution < 1.29 is 18.0 Å². The van der Waals surface area contributed by atoms with Crippen molar-refractivity contribution in [3.05, 3.63) is 34.9 Å². The summed E-state index contributed by atoms with van der Waals surface area (Å²) in [6.07, 6.45) is 0.544. The molecule has 1 aromatic rings. The maximum Gasteiger partial charge on any atom is 0.254 e. The molecule has 0 radical (unpaired) electrons. The molecule has 0 unspecified atom stereocenters. The number of carbonyl (C=O) groups is 2. The van der Waals surface area contributed by atoms with Crippen LogP contribution >= 0.6 is 0 Å². The molecule has 1 spiro atoms. The van der Waals surface area contributed by atoms with Gasteiger partial charge in [-0.15, -0.1) is 0 Å². The third-order valence-electron chi connectivity index (χ3n) is 5.32. The largest absolute Gasteiger partial charge is 0.338 e. The van der Waals surface area contributed by atoms with E-state index in [1.807, 2.05) is 32.0 Å². The first kappa shape index (κ1) is 17.0. The number of rotatable bonds is 1. The molecule has 0 aliphatic carbocycles. The maximum absolute atomic E-state index is 12.7. The summed E-state index contributed by atoms with van der Waals surface area (Å²) < 4.78 is 24.9. The van der Waals surface area contributed by atoms with Crippen molar-refractivity contribution >= 4 is 21.7 Å². The predicted molar refractivity (Wildman–Crippen MR) is 90.3 cm³/mol. The van der Waals surface area contributed by atoms with Gasteiger partial charge in [-0.3, -0.25) is 9.59 Å². The van der Waals surface area contributed by atoms with Crippen LogP contribution in [0.4, 0.5) is 0 Å². The molecular formula is C17H22N2O4S. The number of benzene rings is 1. The van der Waals surface area contributed by atoms with Crippen molar-refractivity contribution in [1.29, 1.82) is 0 Å². The molecule has 0 saturated carbocycles. The minimum absolute atomic E-state index is 0.0771. The fourth-order valence-electron chi connectivity index (χ4n) is 3.76. The molecule has 3 rings (SSSR count). The summed E-state index contributed by atoms with van der Waals surface area (Å²) in [4.78, 5) is 26.5. The van der Waals surface area contributed by atoms with Gasteiger partial charge in [0.25, 0.3) is 5.91 Å². The molecule has 2 saturated heterocycles. The number of hydrogen-bond donors (Lipinski definition) is 0. The Hall–Kier alpha value is -1.89. The quantitative estimate of drug-likeness (QED) is 0.761. The Labute approximate surface area is 142 Å². The lowest BCUT2D eigenvalue weighted by molar-refractivity contribution is -0.129. The van der Waals surface area contributed by atoms with Gasteiger partial charge in [0.15, 0.2) is 9.84 Å². The molecule has 7 heteroatoms. The van der Waals surface area contributed by atoms with Crippen molar-refractivity contribution in [2.24, 2.45) is 0 Å². The van der Waals surface area contributed by atoms with Gasteiger partial charge in [-0.05, 0) is 25.5 Å². The molecule has 2 fully saturated rings. The maximum atomic E-state index is 12.7. The molecule has 2 heterocycles. The first-order valence-corrected chi connectivity index (χ1v) is 9.69. The molecular weight excluding hydrogens is 328 g/mol. The standard InChI is InChI=1S/C17H22N2O4S/c1-12-4-5-14(13(2)10-12)16(21)19-8-6-17(7-9-19)18(3)15(20)11-24(17,22)23/h4-5,10H,6-9,11H2,1-3H3. The summed E-state index contributed by atoms with van der Waals surface area (Å²) in [5, 5.41) is 0. The Balaban J connectivity index is 1.80. The van der Waals surface area contributed by atoms with Gasteiger partial charge in [0, 0.05) is 38.5 Å². The summed E-state index contributed by atoms with van der Waals surface area (Å²) in [6.45, 7) is 4.55. The van der Waals surface area contributed by atoms with E-state index in [2.05, 4.69) is 0 Å². The Morgan fingerprint density at radius 1 is 1.17 bits per heavy atom. The van der Waals surface area contributed by atoms with Crippen LogP contribution in [0.5, 0.6) is 0 Å². The van der Waals surface area contributed by atoms with E-state index in [1.165, 1.54) is 4.90 Å². The molecule has 0 N–H and O–H groups in total. The van der Waals surface area contributed by atoms with Gasteiger partial charge >= 0.3 is 0 Å². The Morgan fingerprint density at radius 3 is 2.29 bits per heavy atom. The van der Waals surface area contributed by atoms with Gasteiger partial charge in [-0.25, -0.2) is 8.42 Å². The molecule has 0 aromatic heterocycles. The molecule has 1 aromatic carbocycles. The SMILES string of the molecule is Cc1ccc(C(=O)N2CCC3(CC2)N(C)C(=O)CS3(=O)=O)c(C)c1. The van der Waals surface area contributed by atoms with Crippen LogP contribution < -0.4 is 0 Å². The number of sulfone groups is 1. The molecule has 0 bridgehead atoms. The van der Waals surface area contributed by atoms with Crippen LogP contribution in [0.1, 0.15) is 34.3 Å². The zero-order valence-corrected chi connectivity index (χ0v) is 15.0.